The van der Waals surface area contributed by atoms with Crippen LogP contribution in [-0.2, 0) is 6.42 Å². The number of rotatable bonds is 3. The van der Waals surface area contributed by atoms with Crippen molar-refractivity contribution in [2.24, 2.45) is 0 Å². The van der Waals surface area contributed by atoms with E-state index in [4.69, 9.17) is 0 Å². The van der Waals surface area contributed by atoms with Gasteiger partial charge in [-0.15, -0.1) is 0 Å². The molecule has 0 N–H and O–H groups in total. The molecule has 86 valence electrons. The zero-order valence-corrected chi connectivity index (χ0v) is 9.48. The Labute approximate surface area is 99.1 Å². The summed E-state index contributed by atoms with van der Waals surface area (Å²) < 4.78 is 12.7. The van der Waals surface area contributed by atoms with Crippen LogP contribution in [0.4, 0.5) is 4.39 Å². The third-order valence-electron chi connectivity index (χ3n) is 2.49. The van der Waals surface area contributed by atoms with Crippen molar-refractivity contribution in [1.29, 1.82) is 0 Å². The summed E-state index contributed by atoms with van der Waals surface area (Å²) >= 11 is 0. The zero-order chi connectivity index (χ0) is 12.3. The molecule has 0 aliphatic heterocycles. The maximum Gasteiger partial charge on any atom is 0.167 e. The van der Waals surface area contributed by atoms with Crippen LogP contribution in [0, 0.1) is 12.7 Å². The summed E-state index contributed by atoms with van der Waals surface area (Å²) in [6, 6.07) is 9.29. The summed E-state index contributed by atoms with van der Waals surface area (Å²) in [7, 11) is 0. The van der Waals surface area contributed by atoms with Crippen LogP contribution in [0.25, 0.3) is 0 Å². The second kappa shape index (κ2) is 4.87. The van der Waals surface area contributed by atoms with E-state index in [2.05, 4.69) is 4.98 Å². The molecule has 0 saturated carbocycles. The van der Waals surface area contributed by atoms with Crippen molar-refractivity contribution in [3.63, 3.8) is 0 Å². The van der Waals surface area contributed by atoms with Crippen LogP contribution < -0.4 is 0 Å². The fourth-order valence-corrected chi connectivity index (χ4v) is 1.64. The maximum absolute atomic E-state index is 12.7. The predicted octanol–water partition coefficient (Wildman–Crippen LogP) is 2.95. The standard InChI is InChI=1S/C14H12FNO/c1-10-8-11(6-7-16-10)9-14(17)12-2-4-13(15)5-3-12/h2-8H,9H2,1H3. The molecule has 0 amide bonds. The molecule has 0 atom stereocenters. The molecule has 1 heterocycles. The van der Waals surface area contributed by atoms with Gasteiger partial charge in [0.05, 0.1) is 0 Å². The van der Waals surface area contributed by atoms with Gasteiger partial charge in [0, 0.05) is 23.9 Å². The Hall–Kier alpha value is -2.03. The van der Waals surface area contributed by atoms with Crippen LogP contribution in [0.1, 0.15) is 21.6 Å². The second-order valence-corrected chi connectivity index (χ2v) is 3.91. The molecular formula is C14H12FNO. The SMILES string of the molecule is Cc1cc(CC(=O)c2ccc(F)cc2)ccn1. The maximum atomic E-state index is 12.7. The largest absolute Gasteiger partial charge is 0.294 e. The summed E-state index contributed by atoms with van der Waals surface area (Å²) in [4.78, 5) is 16.0. The van der Waals surface area contributed by atoms with Crippen molar-refractivity contribution in [2.75, 3.05) is 0 Å². The first-order valence-electron chi connectivity index (χ1n) is 5.35. The van der Waals surface area contributed by atoms with Gasteiger partial charge >= 0.3 is 0 Å². The molecule has 0 aliphatic rings. The van der Waals surface area contributed by atoms with Crippen molar-refractivity contribution < 1.29 is 9.18 Å². The fourth-order valence-electron chi connectivity index (χ4n) is 1.64. The third-order valence-corrected chi connectivity index (χ3v) is 2.49. The fraction of sp³-hybridized carbons (Fsp3) is 0.143. The van der Waals surface area contributed by atoms with E-state index >= 15 is 0 Å². The molecule has 2 rings (SSSR count). The number of benzene rings is 1. The van der Waals surface area contributed by atoms with Crippen molar-refractivity contribution >= 4 is 5.78 Å². The van der Waals surface area contributed by atoms with E-state index in [-0.39, 0.29) is 11.6 Å². The van der Waals surface area contributed by atoms with E-state index in [1.54, 1.807) is 6.20 Å². The molecule has 0 spiro atoms. The third kappa shape index (κ3) is 2.97. The van der Waals surface area contributed by atoms with Crippen molar-refractivity contribution in [3.8, 4) is 0 Å². The Bertz CT molecular complexity index is 534. The minimum Gasteiger partial charge on any atom is -0.294 e. The number of carbonyl (C=O) groups excluding carboxylic acids is 1. The number of hydrogen-bond donors (Lipinski definition) is 0. The molecule has 2 nitrogen and oxygen atoms in total. The van der Waals surface area contributed by atoms with Crippen LogP contribution >= 0.6 is 0 Å². The molecule has 0 bridgehead atoms. The summed E-state index contributed by atoms with van der Waals surface area (Å²) in [5.41, 5.74) is 2.34. The Balaban J connectivity index is 2.14. The Morgan fingerprint density at radius 1 is 1.24 bits per heavy atom. The summed E-state index contributed by atoms with van der Waals surface area (Å²) in [6.45, 7) is 1.88. The molecular weight excluding hydrogens is 217 g/mol. The molecule has 0 radical (unpaired) electrons. The van der Waals surface area contributed by atoms with Crippen LogP contribution in [0.5, 0.6) is 0 Å². The number of halogens is 1. The van der Waals surface area contributed by atoms with Gasteiger partial charge in [-0.3, -0.25) is 9.78 Å². The van der Waals surface area contributed by atoms with Gasteiger partial charge in [0.1, 0.15) is 5.82 Å². The lowest BCUT2D eigenvalue weighted by Gasteiger charge is -2.02. The molecule has 0 fully saturated rings. The minimum atomic E-state index is -0.332. The smallest absolute Gasteiger partial charge is 0.167 e. The molecule has 17 heavy (non-hydrogen) atoms. The second-order valence-electron chi connectivity index (χ2n) is 3.91. The number of nitrogens with zero attached hydrogens (tertiary/aromatic N) is 1. The molecule has 0 aliphatic carbocycles. The first-order chi connectivity index (χ1) is 8.15. The quantitative estimate of drug-likeness (QED) is 0.757. The molecule has 3 heteroatoms. The highest BCUT2D eigenvalue weighted by atomic mass is 19.1. The van der Waals surface area contributed by atoms with Crippen LogP contribution in [-0.4, -0.2) is 10.8 Å². The topological polar surface area (TPSA) is 30.0 Å². The molecule has 2 aromatic rings. The summed E-state index contributed by atoms with van der Waals surface area (Å²) in [5.74, 6) is -0.350. The van der Waals surface area contributed by atoms with Crippen LogP contribution in [0.2, 0.25) is 0 Å². The van der Waals surface area contributed by atoms with Gasteiger partial charge < -0.3 is 0 Å². The Kier molecular flexibility index (Phi) is 3.28. The molecule has 1 aromatic carbocycles. The predicted molar refractivity (Wildman–Crippen MR) is 63.4 cm³/mol. The summed E-state index contributed by atoms with van der Waals surface area (Å²) in [6.07, 6.45) is 2.00. The lowest BCUT2D eigenvalue weighted by Crippen LogP contribution is -2.03. The highest BCUT2D eigenvalue weighted by Crippen LogP contribution is 2.09. The average molecular weight is 229 g/mol. The normalized spacial score (nSPS) is 10.2. The molecule has 0 saturated heterocycles. The van der Waals surface area contributed by atoms with E-state index < -0.39 is 0 Å². The number of pyridine rings is 1. The first-order valence-corrected chi connectivity index (χ1v) is 5.35. The van der Waals surface area contributed by atoms with Gasteiger partial charge in [-0.1, -0.05) is 0 Å². The number of aromatic nitrogens is 1. The van der Waals surface area contributed by atoms with Gasteiger partial charge in [-0.25, -0.2) is 4.39 Å². The van der Waals surface area contributed by atoms with Gasteiger partial charge in [0.25, 0.3) is 0 Å². The minimum absolute atomic E-state index is 0.0180. The van der Waals surface area contributed by atoms with Gasteiger partial charge in [0.2, 0.25) is 0 Å². The number of hydrogen-bond acceptors (Lipinski definition) is 2. The number of Topliss-reactive ketones (excluding diaryl/α,β-unsaturated/α-hetero) is 1. The van der Waals surface area contributed by atoms with Crippen LogP contribution in [0.15, 0.2) is 42.6 Å². The number of ketones is 1. The van der Waals surface area contributed by atoms with E-state index in [1.165, 1.54) is 24.3 Å². The average Bonchev–Trinajstić information content (AvgIpc) is 2.29. The van der Waals surface area contributed by atoms with Gasteiger partial charge in [0.15, 0.2) is 5.78 Å². The molecule has 0 unspecified atom stereocenters. The van der Waals surface area contributed by atoms with Crippen LogP contribution in [0.3, 0.4) is 0 Å². The van der Waals surface area contributed by atoms with Gasteiger partial charge in [-0.2, -0.15) is 0 Å². The number of carbonyl (C=O) groups is 1. The lowest BCUT2D eigenvalue weighted by molar-refractivity contribution is 0.0993. The van der Waals surface area contributed by atoms with Crippen molar-refractivity contribution in [2.45, 2.75) is 13.3 Å². The first kappa shape index (κ1) is 11.5. The van der Waals surface area contributed by atoms with E-state index in [0.717, 1.165) is 11.3 Å². The van der Waals surface area contributed by atoms with Crippen molar-refractivity contribution in [1.82, 2.24) is 4.98 Å². The zero-order valence-electron chi connectivity index (χ0n) is 9.48. The Morgan fingerprint density at radius 2 is 1.94 bits per heavy atom. The molecule has 1 aromatic heterocycles. The monoisotopic (exact) mass is 229 g/mol. The van der Waals surface area contributed by atoms with Gasteiger partial charge in [-0.05, 0) is 48.9 Å². The van der Waals surface area contributed by atoms with E-state index in [1.807, 2.05) is 19.1 Å². The number of aryl methyl sites for hydroxylation is 1. The van der Waals surface area contributed by atoms with E-state index in [0.29, 0.717) is 12.0 Å². The van der Waals surface area contributed by atoms with E-state index in [9.17, 15) is 9.18 Å². The van der Waals surface area contributed by atoms with Crippen molar-refractivity contribution in [3.05, 3.63) is 65.2 Å². The lowest BCUT2D eigenvalue weighted by atomic mass is 10.0. The Morgan fingerprint density at radius 3 is 2.59 bits per heavy atom. The summed E-state index contributed by atoms with van der Waals surface area (Å²) in [5, 5.41) is 0. The highest BCUT2D eigenvalue weighted by molar-refractivity contribution is 5.97. The highest BCUT2D eigenvalue weighted by Gasteiger charge is 2.07.